The molecule has 0 fully saturated rings. The van der Waals surface area contributed by atoms with Gasteiger partial charge in [0, 0.05) is 19.4 Å². The number of hydrogen-bond acceptors (Lipinski definition) is 1. The van der Waals surface area contributed by atoms with E-state index < -0.39 is 0 Å². The Kier molecular flexibility index (Phi) is 6.16. The standard InChI is InChI=1S/C13H25N2O/c1-4-8-14-10-11-15(13(14)5-2)9-7-12-16-6-3/h10-11H,4-9,12H2,1-3H3/q+1. The van der Waals surface area contributed by atoms with Crippen LogP contribution in [-0.2, 0) is 24.2 Å². The van der Waals surface area contributed by atoms with Gasteiger partial charge in [-0.1, -0.05) is 13.8 Å². The second-order valence-corrected chi connectivity index (χ2v) is 4.01. The number of imidazole rings is 1. The first-order chi connectivity index (χ1) is 7.83. The SMILES string of the molecule is CCC[n+]1ccn(CCCOCC)c1CC. The van der Waals surface area contributed by atoms with E-state index in [1.54, 1.807) is 0 Å². The fourth-order valence-corrected chi connectivity index (χ4v) is 2.03. The van der Waals surface area contributed by atoms with E-state index in [9.17, 15) is 0 Å². The van der Waals surface area contributed by atoms with Crippen molar-refractivity contribution in [3.8, 4) is 0 Å². The minimum atomic E-state index is 0.822. The Hall–Kier alpha value is -0.830. The molecule has 0 aliphatic rings. The largest absolute Gasteiger partial charge is 0.382 e. The summed E-state index contributed by atoms with van der Waals surface area (Å²) in [5.41, 5.74) is 0. The summed E-state index contributed by atoms with van der Waals surface area (Å²) < 4.78 is 10.1. The molecule has 0 bridgehead atoms. The Balaban J connectivity index is 2.51. The van der Waals surface area contributed by atoms with E-state index >= 15 is 0 Å². The molecule has 0 unspecified atom stereocenters. The highest BCUT2D eigenvalue weighted by Crippen LogP contribution is 2.00. The highest BCUT2D eigenvalue weighted by atomic mass is 16.5. The van der Waals surface area contributed by atoms with Crippen LogP contribution in [0.1, 0.15) is 39.4 Å². The van der Waals surface area contributed by atoms with E-state index in [2.05, 4.69) is 35.4 Å². The number of aromatic nitrogens is 2. The molecule has 0 atom stereocenters. The topological polar surface area (TPSA) is 18.0 Å². The van der Waals surface area contributed by atoms with Gasteiger partial charge in [-0.25, -0.2) is 9.13 Å². The lowest BCUT2D eigenvalue weighted by Gasteiger charge is -2.03. The summed E-state index contributed by atoms with van der Waals surface area (Å²) in [7, 11) is 0. The van der Waals surface area contributed by atoms with Crippen LogP contribution in [0.25, 0.3) is 0 Å². The number of ether oxygens (including phenoxy) is 1. The van der Waals surface area contributed by atoms with Gasteiger partial charge in [-0.15, -0.1) is 0 Å². The summed E-state index contributed by atoms with van der Waals surface area (Å²) in [5, 5.41) is 0. The zero-order chi connectivity index (χ0) is 11.8. The molecule has 0 saturated carbocycles. The van der Waals surface area contributed by atoms with Crippen molar-refractivity contribution in [2.45, 2.75) is 53.1 Å². The van der Waals surface area contributed by atoms with Gasteiger partial charge in [0.1, 0.15) is 12.4 Å². The maximum absolute atomic E-state index is 5.36. The third-order valence-electron chi connectivity index (χ3n) is 2.76. The maximum Gasteiger partial charge on any atom is 0.256 e. The smallest absolute Gasteiger partial charge is 0.256 e. The van der Waals surface area contributed by atoms with Gasteiger partial charge in [0.05, 0.1) is 19.7 Å². The van der Waals surface area contributed by atoms with Crippen molar-refractivity contribution >= 4 is 0 Å². The van der Waals surface area contributed by atoms with Crippen LogP contribution in [0.5, 0.6) is 0 Å². The van der Waals surface area contributed by atoms with Crippen molar-refractivity contribution in [1.82, 2.24) is 4.57 Å². The molecule has 1 aromatic rings. The lowest BCUT2D eigenvalue weighted by atomic mass is 10.4. The van der Waals surface area contributed by atoms with Crippen molar-refractivity contribution in [2.75, 3.05) is 13.2 Å². The zero-order valence-electron chi connectivity index (χ0n) is 10.9. The van der Waals surface area contributed by atoms with Crippen LogP contribution in [0.3, 0.4) is 0 Å². The molecule has 0 radical (unpaired) electrons. The van der Waals surface area contributed by atoms with Gasteiger partial charge in [0.15, 0.2) is 0 Å². The Morgan fingerprint density at radius 3 is 2.75 bits per heavy atom. The quantitative estimate of drug-likeness (QED) is 0.490. The van der Waals surface area contributed by atoms with E-state index in [1.165, 1.54) is 12.2 Å². The van der Waals surface area contributed by atoms with Crippen LogP contribution in [0.4, 0.5) is 0 Å². The summed E-state index contributed by atoms with van der Waals surface area (Å²) in [6, 6.07) is 0. The van der Waals surface area contributed by atoms with E-state index in [4.69, 9.17) is 4.74 Å². The first-order valence-corrected chi connectivity index (χ1v) is 6.48. The van der Waals surface area contributed by atoms with Crippen molar-refractivity contribution in [3.05, 3.63) is 18.2 Å². The van der Waals surface area contributed by atoms with Crippen LogP contribution < -0.4 is 4.57 Å². The van der Waals surface area contributed by atoms with E-state index in [0.29, 0.717) is 0 Å². The van der Waals surface area contributed by atoms with Crippen LogP contribution in [0, 0.1) is 0 Å². The Bertz CT molecular complexity index is 294. The molecule has 0 N–H and O–H groups in total. The highest BCUT2D eigenvalue weighted by molar-refractivity contribution is 4.82. The fraction of sp³-hybridized carbons (Fsp3) is 0.769. The zero-order valence-corrected chi connectivity index (χ0v) is 10.9. The summed E-state index contributed by atoms with van der Waals surface area (Å²) in [5.74, 6) is 1.43. The summed E-state index contributed by atoms with van der Waals surface area (Å²) in [6.45, 7) is 10.4. The van der Waals surface area contributed by atoms with Gasteiger partial charge in [0.2, 0.25) is 0 Å². The molecule has 3 nitrogen and oxygen atoms in total. The predicted octanol–water partition coefficient (Wildman–Crippen LogP) is 2.17. The Morgan fingerprint density at radius 1 is 1.31 bits per heavy atom. The van der Waals surface area contributed by atoms with Gasteiger partial charge in [-0.3, -0.25) is 0 Å². The van der Waals surface area contributed by atoms with Gasteiger partial charge in [0.25, 0.3) is 5.82 Å². The summed E-state index contributed by atoms with van der Waals surface area (Å²) in [4.78, 5) is 0. The maximum atomic E-state index is 5.36. The summed E-state index contributed by atoms with van der Waals surface area (Å²) >= 11 is 0. The average Bonchev–Trinajstić information content (AvgIpc) is 2.67. The van der Waals surface area contributed by atoms with Crippen LogP contribution in [0.15, 0.2) is 12.4 Å². The van der Waals surface area contributed by atoms with Crippen molar-refractivity contribution < 1.29 is 9.30 Å². The second kappa shape index (κ2) is 7.44. The molecule has 1 rings (SSSR count). The van der Waals surface area contributed by atoms with E-state index in [0.717, 1.165) is 39.1 Å². The van der Waals surface area contributed by atoms with Crippen LogP contribution in [0.2, 0.25) is 0 Å². The number of nitrogens with zero attached hydrogens (tertiary/aromatic N) is 2. The minimum absolute atomic E-state index is 0.822. The number of aryl methyl sites for hydroxylation is 2. The van der Waals surface area contributed by atoms with E-state index in [1.807, 2.05) is 6.92 Å². The highest BCUT2D eigenvalue weighted by Gasteiger charge is 2.13. The molecule has 0 aliphatic heterocycles. The third kappa shape index (κ3) is 3.63. The van der Waals surface area contributed by atoms with Gasteiger partial charge >= 0.3 is 0 Å². The minimum Gasteiger partial charge on any atom is -0.382 e. The molecule has 0 aromatic carbocycles. The molecule has 0 aliphatic carbocycles. The molecule has 0 spiro atoms. The summed E-state index contributed by atoms with van der Waals surface area (Å²) in [6.07, 6.45) is 7.79. The van der Waals surface area contributed by atoms with Gasteiger partial charge < -0.3 is 4.74 Å². The van der Waals surface area contributed by atoms with Gasteiger partial charge in [-0.2, -0.15) is 0 Å². The van der Waals surface area contributed by atoms with Crippen LogP contribution in [-0.4, -0.2) is 17.8 Å². The fourth-order valence-electron chi connectivity index (χ4n) is 2.03. The molecule has 3 heteroatoms. The van der Waals surface area contributed by atoms with Crippen molar-refractivity contribution in [2.24, 2.45) is 0 Å². The Labute approximate surface area is 99.0 Å². The first-order valence-electron chi connectivity index (χ1n) is 6.48. The third-order valence-corrected chi connectivity index (χ3v) is 2.76. The monoisotopic (exact) mass is 225 g/mol. The van der Waals surface area contributed by atoms with Crippen molar-refractivity contribution in [3.63, 3.8) is 0 Å². The normalized spacial score (nSPS) is 10.9. The molecule has 0 amide bonds. The number of hydrogen-bond donors (Lipinski definition) is 0. The molecule has 92 valence electrons. The average molecular weight is 225 g/mol. The first kappa shape index (κ1) is 13.2. The van der Waals surface area contributed by atoms with E-state index in [-0.39, 0.29) is 0 Å². The molecular formula is C13H25N2O+. The predicted molar refractivity (Wildman–Crippen MR) is 65.4 cm³/mol. The lowest BCUT2D eigenvalue weighted by Crippen LogP contribution is -2.36. The van der Waals surface area contributed by atoms with Crippen LogP contribution >= 0.6 is 0 Å². The van der Waals surface area contributed by atoms with Crippen molar-refractivity contribution in [1.29, 1.82) is 0 Å². The second-order valence-electron chi connectivity index (χ2n) is 4.01. The molecule has 0 saturated heterocycles. The molecule has 1 heterocycles. The lowest BCUT2D eigenvalue weighted by molar-refractivity contribution is -0.703. The molecule has 1 aromatic heterocycles. The molecular weight excluding hydrogens is 200 g/mol. The molecule has 16 heavy (non-hydrogen) atoms. The van der Waals surface area contributed by atoms with Gasteiger partial charge in [-0.05, 0) is 13.3 Å². The Morgan fingerprint density at radius 2 is 2.12 bits per heavy atom. The number of rotatable bonds is 8.